The van der Waals surface area contributed by atoms with Gasteiger partial charge in [0.1, 0.15) is 0 Å². The van der Waals surface area contributed by atoms with Crippen LogP contribution in [0.25, 0.3) is 0 Å². The van der Waals surface area contributed by atoms with Gasteiger partial charge in [-0.2, -0.15) is 0 Å². The number of nitrogens with zero attached hydrogens (tertiary/aromatic N) is 1. The topological polar surface area (TPSA) is 59.6 Å². The molecule has 0 aromatic heterocycles. The molecule has 1 rings (SSSR count). The minimum Gasteiger partial charge on any atom is -0.383 e. The van der Waals surface area contributed by atoms with Gasteiger partial charge in [0.25, 0.3) is 0 Å². The molecule has 2 atom stereocenters. The molecule has 1 aromatic rings. The zero-order valence-corrected chi connectivity index (χ0v) is 12.3. The first-order chi connectivity index (χ1) is 9.02. The third kappa shape index (κ3) is 5.75. The fraction of sp³-hybridized carbons (Fsp3) is 0.533. The Labute approximate surface area is 116 Å². The smallest absolute Gasteiger partial charge is 0.188 e. The van der Waals surface area contributed by atoms with E-state index in [1.54, 1.807) is 7.11 Å². The fourth-order valence-electron chi connectivity index (χ4n) is 1.83. The molecule has 1 aromatic carbocycles. The number of nitrogens with two attached hydrogens (primary N) is 1. The molecule has 106 valence electrons. The first-order valence-electron chi connectivity index (χ1n) is 6.65. The number of hydrogen-bond donors (Lipinski definition) is 2. The summed E-state index contributed by atoms with van der Waals surface area (Å²) in [6, 6.07) is 8.71. The highest BCUT2D eigenvalue weighted by Gasteiger charge is 2.06. The number of hydrogen-bond acceptors (Lipinski definition) is 2. The van der Waals surface area contributed by atoms with Gasteiger partial charge in [-0.25, -0.2) is 0 Å². The predicted octanol–water partition coefficient (Wildman–Crippen LogP) is 2.04. The van der Waals surface area contributed by atoms with Crippen LogP contribution in [0, 0.1) is 6.92 Å². The molecule has 0 fully saturated rings. The SMILES string of the molecule is COCC(C)NC(N)=NCC(C)c1ccc(C)cc1. The van der Waals surface area contributed by atoms with E-state index in [0.717, 1.165) is 0 Å². The molecule has 0 saturated heterocycles. The Balaban J connectivity index is 2.48. The van der Waals surface area contributed by atoms with Crippen LogP contribution in [0.15, 0.2) is 29.3 Å². The molecule has 2 unspecified atom stereocenters. The highest BCUT2D eigenvalue weighted by molar-refractivity contribution is 5.78. The lowest BCUT2D eigenvalue weighted by Crippen LogP contribution is -2.40. The monoisotopic (exact) mass is 263 g/mol. The van der Waals surface area contributed by atoms with Gasteiger partial charge in [-0.05, 0) is 19.4 Å². The van der Waals surface area contributed by atoms with E-state index in [0.29, 0.717) is 25.0 Å². The van der Waals surface area contributed by atoms with Gasteiger partial charge in [0.2, 0.25) is 0 Å². The third-order valence-corrected chi connectivity index (χ3v) is 2.99. The number of guanidine groups is 1. The molecule has 4 nitrogen and oxygen atoms in total. The Bertz CT molecular complexity index is 400. The van der Waals surface area contributed by atoms with Crippen molar-refractivity contribution in [3.63, 3.8) is 0 Å². The van der Waals surface area contributed by atoms with Crippen LogP contribution in [0.4, 0.5) is 0 Å². The number of methoxy groups -OCH3 is 1. The second-order valence-electron chi connectivity index (χ2n) is 5.04. The zero-order valence-electron chi connectivity index (χ0n) is 12.3. The summed E-state index contributed by atoms with van der Waals surface area (Å²) in [5.41, 5.74) is 8.40. The normalized spacial score (nSPS) is 15.1. The van der Waals surface area contributed by atoms with Crippen molar-refractivity contribution >= 4 is 5.96 Å². The second kappa shape index (κ2) is 7.79. The first kappa shape index (κ1) is 15.5. The largest absolute Gasteiger partial charge is 0.383 e. The van der Waals surface area contributed by atoms with Gasteiger partial charge >= 0.3 is 0 Å². The van der Waals surface area contributed by atoms with Gasteiger partial charge in [0.05, 0.1) is 6.61 Å². The van der Waals surface area contributed by atoms with Gasteiger partial charge in [-0.1, -0.05) is 36.8 Å². The van der Waals surface area contributed by atoms with Crippen molar-refractivity contribution in [2.75, 3.05) is 20.3 Å². The number of nitrogens with one attached hydrogen (secondary N) is 1. The summed E-state index contributed by atoms with van der Waals surface area (Å²) >= 11 is 0. The molecule has 0 aliphatic heterocycles. The molecule has 0 aliphatic rings. The number of aliphatic imine (C=N–C) groups is 1. The van der Waals surface area contributed by atoms with E-state index < -0.39 is 0 Å². The number of ether oxygens (including phenoxy) is 1. The van der Waals surface area contributed by atoms with Crippen molar-refractivity contribution in [2.24, 2.45) is 10.7 Å². The van der Waals surface area contributed by atoms with Gasteiger partial charge in [0, 0.05) is 25.6 Å². The van der Waals surface area contributed by atoms with E-state index in [-0.39, 0.29) is 6.04 Å². The summed E-state index contributed by atoms with van der Waals surface area (Å²) in [7, 11) is 1.67. The summed E-state index contributed by atoms with van der Waals surface area (Å²) < 4.78 is 5.04. The maximum atomic E-state index is 5.84. The lowest BCUT2D eigenvalue weighted by Gasteiger charge is -2.14. The van der Waals surface area contributed by atoms with Crippen LogP contribution < -0.4 is 11.1 Å². The number of benzene rings is 1. The lowest BCUT2D eigenvalue weighted by atomic mass is 10.0. The van der Waals surface area contributed by atoms with E-state index in [9.17, 15) is 0 Å². The van der Waals surface area contributed by atoms with Crippen LogP contribution in [0.3, 0.4) is 0 Å². The molecular formula is C15H25N3O. The van der Waals surface area contributed by atoms with Crippen LogP contribution in [-0.2, 0) is 4.74 Å². The Morgan fingerprint density at radius 3 is 2.53 bits per heavy atom. The first-order valence-corrected chi connectivity index (χ1v) is 6.65. The van der Waals surface area contributed by atoms with Gasteiger partial charge in [0.15, 0.2) is 5.96 Å². The quantitative estimate of drug-likeness (QED) is 0.610. The summed E-state index contributed by atoms with van der Waals surface area (Å²) in [6.45, 7) is 7.55. The highest BCUT2D eigenvalue weighted by atomic mass is 16.5. The molecule has 0 spiro atoms. The van der Waals surface area contributed by atoms with E-state index in [4.69, 9.17) is 10.5 Å². The van der Waals surface area contributed by atoms with Gasteiger partial charge < -0.3 is 15.8 Å². The average molecular weight is 263 g/mol. The van der Waals surface area contributed by atoms with Crippen molar-refractivity contribution in [3.05, 3.63) is 35.4 Å². The van der Waals surface area contributed by atoms with Crippen molar-refractivity contribution in [3.8, 4) is 0 Å². The Kier molecular flexibility index (Phi) is 6.36. The maximum absolute atomic E-state index is 5.84. The van der Waals surface area contributed by atoms with E-state index in [2.05, 4.69) is 48.4 Å². The van der Waals surface area contributed by atoms with Gasteiger partial charge in [-0.15, -0.1) is 0 Å². The number of aryl methyl sites for hydroxylation is 1. The van der Waals surface area contributed by atoms with Crippen molar-refractivity contribution in [2.45, 2.75) is 32.7 Å². The average Bonchev–Trinajstić information content (AvgIpc) is 2.37. The fourth-order valence-corrected chi connectivity index (χ4v) is 1.83. The summed E-state index contributed by atoms with van der Waals surface area (Å²) in [4.78, 5) is 4.37. The Morgan fingerprint density at radius 1 is 1.32 bits per heavy atom. The number of rotatable bonds is 6. The van der Waals surface area contributed by atoms with Crippen molar-refractivity contribution in [1.82, 2.24) is 5.32 Å². The zero-order chi connectivity index (χ0) is 14.3. The van der Waals surface area contributed by atoms with Crippen LogP contribution >= 0.6 is 0 Å². The van der Waals surface area contributed by atoms with E-state index in [1.807, 2.05) is 6.92 Å². The summed E-state index contributed by atoms with van der Waals surface area (Å²) in [6.07, 6.45) is 0. The summed E-state index contributed by atoms with van der Waals surface area (Å²) in [5, 5.41) is 3.10. The molecule has 0 aliphatic carbocycles. The molecule has 0 bridgehead atoms. The standard InChI is InChI=1S/C15H25N3O/c1-11-5-7-14(8-6-11)12(2)9-17-15(16)18-13(3)10-19-4/h5-8,12-13H,9-10H2,1-4H3,(H3,16,17,18). The van der Waals surface area contributed by atoms with E-state index in [1.165, 1.54) is 11.1 Å². The Morgan fingerprint density at radius 2 is 1.95 bits per heavy atom. The molecule has 4 heteroatoms. The molecule has 0 saturated carbocycles. The van der Waals surface area contributed by atoms with Crippen LogP contribution in [0.5, 0.6) is 0 Å². The van der Waals surface area contributed by atoms with E-state index >= 15 is 0 Å². The van der Waals surface area contributed by atoms with Crippen molar-refractivity contribution in [1.29, 1.82) is 0 Å². The summed E-state index contributed by atoms with van der Waals surface area (Å²) in [5.74, 6) is 0.835. The van der Waals surface area contributed by atoms with Crippen LogP contribution in [0.1, 0.15) is 30.9 Å². The molecule has 0 heterocycles. The van der Waals surface area contributed by atoms with Crippen LogP contribution in [-0.4, -0.2) is 32.3 Å². The van der Waals surface area contributed by atoms with Gasteiger partial charge in [-0.3, -0.25) is 4.99 Å². The maximum Gasteiger partial charge on any atom is 0.188 e. The van der Waals surface area contributed by atoms with Crippen LogP contribution in [0.2, 0.25) is 0 Å². The molecule has 3 N–H and O–H groups in total. The molecule has 0 radical (unpaired) electrons. The highest BCUT2D eigenvalue weighted by Crippen LogP contribution is 2.15. The molecular weight excluding hydrogens is 238 g/mol. The lowest BCUT2D eigenvalue weighted by molar-refractivity contribution is 0.179. The minimum absolute atomic E-state index is 0.170. The third-order valence-electron chi connectivity index (χ3n) is 2.99. The van der Waals surface area contributed by atoms with Crippen molar-refractivity contribution < 1.29 is 4.74 Å². The molecule has 19 heavy (non-hydrogen) atoms. The predicted molar refractivity (Wildman–Crippen MR) is 80.6 cm³/mol. The molecule has 0 amide bonds. The minimum atomic E-state index is 0.170. The second-order valence-corrected chi connectivity index (χ2v) is 5.04. The Hall–Kier alpha value is -1.55.